The summed E-state index contributed by atoms with van der Waals surface area (Å²) >= 11 is 0. The zero-order valence-corrected chi connectivity index (χ0v) is 18.9. The quantitative estimate of drug-likeness (QED) is 0.491. The summed E-state index contributed by atoms with van der Waals surface area (Å²) in [5.41, 5.74) is 11.3. The fraction of sp³-hybridized carbons (Fsp3) is 0.909. The Morgan fingerprint density at radius 1 is 0.833 bits per heavy atom. The largest absolute Gasteiger partial charge is 0.369 e. The molecule has 8 heteroatoms. The molecule has 0 aromatic heterocycles. The first-order valence-corrected chi connectivity index (χ1v) is 11.2. The average molecular weight is 429 g/mol. The number of rotatable bonds is 12. The van der Waals surface area contributed by atoms with Crippen molar-refractivity contribution in [2.45, 2.75) is 72.4 Å². The molecule has 2 saturated heterocycles. The van der Waals surface area contributed by atoms with Crippen LogP contribution in [0.5, 0.6) is 0 Å². The Hall–Kier alpha value is -1.22. The van der Waals surface area contributed by atoms with E-state index in [2.05, 4.69) is 20.8 Å². The number of hydrogen-bond donors (Lipinski definition) is 2. The number of carbonyl (C=O) groups excluding carboxylic acids is 2. The molecular formula is C22H40N2O6. The summed E-state index contributed by atoms with van der Waals surface area (Å²) in [6.45, 7) is 10.5. The molecule has 2 aliphatic rings. The number of amides is 2. The lowest BCUT2D eigenvalue weighted by Gasteiger charge is -2.37. The molecule has 0 spiro atoms. The van der Waals surface area contributed by atoms with Crippen molar-refractivity contribution in [3.63, 3.8) is 0 Å². The lowest BCUT2D eigenvalue weighted by atomic mass is 9.73. The maximum Gasteiger partial charge on any atom is 0.220 e. The Labute approximate surface area is 180 Å². The van der Waals surface area contributed by atoms with E-state index in [-0.39, 0.29) is 41.3 Å². The summed E-state index contributed by atoms with van der Waals surface area (Å²) in [5, 5.41) is 0. The average Bonchev–Trinajstić information content (AvgIpc) is 3.35. The van der Waals surface area contributed by atoms with Crippen molar-refractivity contribution in [3.05, 3.63) is 0 Å². The summed E-state index contributed by atoms with van der Waals surface area (Å²) < 4.78 is 23.0. The highest BCUT2D eigenvalue weighted by Crippen LogP contribution is 2.40. The van der Waals surface area contributed by atoms with Crippen LogP contribution in [0.2, 0.25) is 0 Å². The van der Waals surface area contributed by atoms with Crippen LogP contribution in [0.15, 0.2) is 0 Å². The van der Waals surface area contributed by atoms with Crippen LogP contribution < -0.4 is 11.5 Å². The van der Waals surface area contributed by atoms with Crippen molar-refractivity contribution in [3.8, 4) is 0 Å². The minimum absolute atomic E-state index is 0.00569. The van der Waals surface area contributed by atoms with E-state index < -0.39 is 12.2 Å². The van der Waals surface area contributed by atoms with Gasteiger partial charge in [0.2, 0.25) is 11.8 Å². The van der Waals surface area contributed by atoms with E-state index in [0.29, 0.717) is 52.1 Å². The number of hydrogen-bond acceptors (Lipinski definition) is 6. The Morgan fingerprint density at radius 2 is 1.30 bits per heavy atom. The molecule has 0 bridgehead atoms. The molecule has 174 valence electrons. The van der Waals surface area contributed by atoms with Crippen molar-refractivity contribution in [1.82, 2.24) is 0 Å². The molecule has 0 aromatic carbocycles. The molecule has 2 aliphatic heterocycles. The number of ether oxygens (including phenoxy) is 4. The van der Waals surface area contributed by atoms with Crippen LogP contribution in [-0.4, -0.2) is 50.8 Å². The smallest absolute Gasteiger partial charge is 0.220 e. The van der Waals surface area contributed by atoms with Crippen molar-refractivity contribution in [2.24, 2.45) is 40.6 Å². The predicted octanol–water partition coefficient (Wildman–Crippen LogP) is 2.18. The van der Waals surface area contributed by atoms with Crippen LogP contribution in [0, 0.1) is 29.1 Å². The molecule has 2 fully saturated rings. The van der Waals surface area contributed by atoms with Crippen LogP contribution in [0.25, 0.3) is 0 Å². The molecule has 0 saturated carbocycles. The second-order valence-corrected chi connectivity index (χ2v) is 9.65. The number of nitrogens with two attached hydrogens (primary N) is 2. The minimum atomic E-state index is -0.447. The van der Waals surface area contributed by atoms with E-state index in [4.69, 9.17) is 30.4 Å². The van der Waals surface area contributed by atoms with Gasteiger partial charge in [0, 0.05) is 23.7 Å². The number of carbonyl (C=O) groups is 2. The van der Waals surface area contributed by atoms with Crippen molar-refractivity contribution >= 4 is 11.8 Å². The lowest BCUT2D eigenvalue weighted by molar-refractivity contribution is -0.137. The van der Waals surface area contributed by atoms with Gasteiger partial charge >= 0.3 is 0 Å². The topological polar surface area (TPSA) is 123 Å². The highest BCUT2D eigenvalue weighted by atomic mass is 16.7. The second kappa shape index (κ2) is 11.4. The molecule has 30 heavy (non-hydrogen) atoms. The third-order valence-corrected chi connectivity index (χ3v) is 6.28. The van der Waals surface area contributed by atoms with E-state index in [1.54, 1.807) is 0 Å². The molecule has 0 aromatic rings. The minimum Gasteiger partial charge on any atom is -0.369 e. The standard InChI is InChI=1S/C22H40N2O6/c1-5-6-14(18(23)25)11-16(20-27-7-8-28-20)12-15(19(24)26)13-17(22(2,3)4)21-29-9-10-30-21/h14-17,20-21H,5-13H2,1-4H3,(H2,23,25)(H2,24,26). The molecular weight excluding hydrogens is 388 g/mol. The van der Waals surface area contributed by atoms with Gasteiger partial charge in [0.1, 0.15) is 0 Å². The summed E-state index contributed by atoms with van der Waals surface area (Å²) in [6, 6.07) is 0. The van der Waals surface area contributed by atoms with Crippen LogP contribution in [0.4, 0.5) is 0 Å². The van der Waals surface area contributed by atoms with Gasteiger partial charge in [0.25, 0.3) is 0 Å². The van der Waals surface area contributed by atoms with Crippen LogP contribution in [0.3, 0.4) is 0 Å². The van der Waals surface area contributed by atoms with Gasteiger partial charge in [-0.05, 0) is 31.1 Å². The third-order valence-electron chi connectivity index (χ3n) is 6.28. The van der Waals surface area contributed by atoms with Crippen LogP contribution in [0.1, 0.15) is 59.8 Å². The first-order valence-electron chi connectivity index (χ1n) is 11.2. The summed E-state index contributed by atoms with van der Waals surface area (Å²) in [5.74, 6) is -1.51. The Bertz CT molecular complexity index is 552. The van der Waals surface area contributed by atoms with Crippen molar-refractivity contribution in [1.29, 1.82) is 0 Å². The van der Waals surface area contributed by atoms with E-state index in [0.717, 1.165) is 6.42 Å². The molecule has 2 heterocycles. The Kier molecular flexibility index (Phi) is 9.53. The molecule has 2 rings (SSSR count). The Morgan fingerprint density at radius 3 is 1.73 bits per heavy atom. The van der Waals surface area contributed by atoms with E-state index in [9.17, 15) is 9.59 Å². The molecule has 4 unspecified atom stereocenters. The number of primary amides is 2. The van der Waals surface area contributed by atoms with Gasteiger partial charge in [0.05, 0.1) is 26.4 Å². The molecule has 0 aliphatic carbocycles. The fourth-order valence-electron chi connectivity index (χ4n) is 4.54. The summed E-state index contributed by atoms with van der Waals surface area (Å²) in [4.78, 5) is 24.4. The van der Waals surface area contributed by atoms with Crippen LogP contribution in [-0.2, 0) is 28.5 Å². The Balaban J connectivity index is 2.17. The molecule has 0 radical (unpaired) electrons. The third kappa shape index (κ3) is 7.18. The van der Waals surface area contributed by atoms with Gasteiger partial charge in [-0.2, -0.15) is 0 Å². The second-order valence-electron chi connectivity index (χ2n) is 9.65. The van der Waals surface area contributed by atoms with Gasteiger partial charge in [-0.15, -0.1) is 0 Å². The normalized spacial score (nSPS) is 22.7. The van der Waals surface area contributed by atoms with Crippen molar-refractivity contribution in [2.75, 3.05) is 26.4 Å². The first kappa shape index (κ1) is 25.0. The molecule has 2 amide bonds. The lowest BCUT2D eigenvalue weighted by Crippen LogP contribution is -2.39. The van der Waals surface area contributed by atoms with Gasteiger partial charge in [-0.1, -0.05) is 34.1 Å². The zero-order valence-electron chi connectivity index (χ0n) is 18.9. The van der Waals surface area contributed by atoms with Crippen LogP contribution >= 0.6 is 0 Å². The molecule has 8 nitrogen and oxygen atoms in total. The highest BCUT2D eigenvalue weighted by Gasteiger charge is 2.41. The van der Waals surface area contributed by atoms with Gasteiger partial charge in [-0.3, -0.25) is 9.59 Å². The van der Waals surface area contributed by atoms with Gasteiger partial charge < -0.3 is 30.4 Å². The summed E-state index contributed by atoms with van der Waals surface area (Å²) in [7, 11) is 0. The van der Waals surface area contributed by atoms with E-state index >= 15 is 0 Å². The highest BCUT2D eigenvalue weighted by molar-refractivity contribution is 5.77. The summed E-state index contributed by atoms with van der Waals surface area (Å²) in [6.07, 6.45) is 2.31. The molecule has 4 N–H and O–H groups in total. The van der Waals surface area contributed by atoms with E-state index in [1.165, 1.54) is 0 Å². The van der Waals surface area contributed by atoms with Gasteiger partial charge in [-0.25, -0.2) is 0 Å². The molecule has 4 atom stereocenters. The van der Waals surface area contributed by atoms with Gasteiger partial charge in [0.15, 0.2) is 12.6 Å². The monoisotopic (exact) mass is 428 g/mol. The predicted molar refractivity (Wildman–Crippen MR) is 112 cm³/mol. The van der Waals surface area contributed by atoms with Crippen molar-refractivity contribution < 1.29 is 28.5 Å². The SMILES string of the molecule is CCCC(CC(CC(CC(C1OCCO1)C(C)(C)C)C(N)=O)C1OCCO1)C(N)=O. The zero-order chi connectivity index (χ0) is 22.3. The van der Waals surface area contributed by atoms with E-state index in [1.807, 2.05) is 6.92 Å². The maximum atomic E-state index is 12.4. The fourth-order valence-corrected chi connectivity index (χ4v) is 4.54. The maximum absolute atomic E-state index is 12.4. The first-order chi connectivity index (χ1) is 14.1.